The molecule has 2 aromatic rings. The van der Waals surface area contributed by atoms with Crippen LogP contribution in [0.4, 0.5) is 5.00 Å². The van der Waals surface area contributed by atoms with Crippen molar-refractivity contribution in [1.29, 1.82) is 0 Å². The van der Waals surface area contributed by atoms with Gasteiger partial charge in [0.1, 0.15) is 9.88 Å². The third-order valence-corrected chi connectivity index (χ3v) is 6.27. The number of hydrogen-bond donors (Lipinski definition) is 2. The number of fused-ring (bicyclic) bond motifs is 1. The average Bonchev–Trinajstić information content (AvgIpc) is 3.06. The van der Waals surface area contributed by atoms with Crippen LogP contribution >= 0.6 is 11.3 Å². The van der Waals surface area contributed by atoms with Crippen molar-refractivity contribution >= 4 is 34.1 Å². The van der Waals surface area contributed by atoms with E-state index < -0.39 is 24.1 Å². The Labute approximate surface area is 178 Å². The number of thiophene rings is 1. The van der Waals surface area contributed by atoms with Gasteiger partial charge in [-0.25, -0.2) is 4.79 Å². The van der Waals surface area contributed by atoms with Gasteiger partial charge in [0.15, 0.2) is 0 Å². The number of hydrogen-bond acceptors (Lipinski definition) is 7. The summed E-state index contributed by atoms with van der Waals surface area (Å²) >= 11 is 1.14. The maximum Gasteiger partial charge on any atom is 0.348 e. The van der Waals surface area contributed by atoms with E-state index in [-0.39, 0.29) is 19.6 Å². The van der Waals surface area contributed by atoms with Gasteiger partial charge in [0.2, 0.25) is 12.3 Å². The molecule has 1 atom stereocenters. The molecule has 1 unspecified atom stereocenters. The first-order chi connectivity index (χ1) is 14.3. The van der Waals surface area contributed by atoms with Crippen molar-refractivity contribution in [3.8, 4) is 0 Å². The molecule has 9 heteroatoms. The SMILES string of the molecule is CCOC(=O)c1sc2c(c1C)C(=O)N(CCC(N)=O)C(O)N2CCc1ccccc1. The number of anilines is 1. The number of carbonyl (C=O) groups is 3. The molecule has 160 valence electrons. The molecule has 1 aromatic carbocycles. The molecule has 2 amide bonds. The lowest BCUT2D eigenvalue weighted by atomic mass is 10.1. The first-order valence-corrected chi connectivity index (χ1v) is 10.5. The van der Waals surface area contributed by atoms with Gasteiger partial charge in [0, 0.05) is 19.5 Å². The summed E-state index contributed by atoms with van der Waals surface area (Å²) in [7, 11) is 0. The summed E-state index contributed by atoms with van der Waals surface area (Å²) in [5, 5.41) is 11.5. The number of aliphatic hydroxyl groups excluding tert-OH is 1. The highest BCUT2D eigenvalue weighted by atomic mass is 32.1. The second-order valence-electron chi connectivity index (χ2n) is 6.95. The summed E-state index contributed by atoms with van der Waals surface area (Å²) in [5.74, 6) is -1.49. The third kappa shape index (κ3) is 4.31. The topological polar surface area (TPSA) is 113 Å². The van der Waals surface area contributed by atoms with Crippen molar-refractivity contribution in [3.05, 3.63) is 51.9 Å². The fourth-order valence-electron chi connectivity index (χ4n) is 3.42. The highest BCUT2D eigenvalue weighted by Gasteiger charge is 2.40. The van der Waals surface area contributed by atoms with Crippen molar-refractivity contribution in [2.24, 2.45) is 5.73 Å². The fourth-order valence-corrected chi connectivity index (χ4v) is 4.66. The van der Waals surface area contributed by atoms with Gasteiger partial charge >= 0.3 is 5.97 Å². The summed E-state index contributed by atoms with van der Waals surface area (Å²) in [6, 6.07) is 9.76. The second kappa shape index (κ2) is 9.27. The van der Waals surface area contributed by atoms with Crippen molar-refractivity contribution < 1.29 is 24.2 Å². The van der Waals surface area contributed by atoms with E-state index in [2.05, 4.69) is 0 Å². The Morgan fingerprint density at radius 2 is 1.90 bits per heavy atom. The van der Waals surface area contributed by atoms with Gasteiger partial charge in [-0.1, -0.05) is 30.3 Å². The third-order valence-electron chi connectivity index (χ3n) is 4.97. The molecule has 8 nitrogen and oxygen atoms in total. The van der Waals surface area contributed by atoms with Crippen molar-refractivity contribution in [2.45, 2.75) is 33.0 Å². The molecular formula is C21H25N3O5S. The van der Waals surface area contributed by atoms with E-state index in [1.807, 2.05) is 30.3 Å². The molecule has 0 aliphatic carbocycles. The number of primary amides is 1. The largest absolute Gasteiger partial charge is 0.462 e. The van der Waals surface area contributed by atoms with Crippen LogP contribution in [0.5, 0.6) is 0 Å². The molecule has 1 aliphatic heterocycles. The minimum absolute atomic E-state index is 0.0133. The molecule has 2 heterocycles. The van der Waals surface area contributed by atoms with Gasteiger partial charge in [0.05, 0.1) is 12.2 Å². The van der Waals surface area contributed by atoms with Gasteiger partial charge in [-0.2, -0.15) is 0 Å². The van der Waals surface area contributed by atoms with Crippen LogP contribution in [0.1, 0.15) is 44.5 Å². The van der Waals surface area contributed by atoms with Crippen LogP contribution in [-0.4, -0.2) is 53.8 Å². The molecule has 3 N–H and O–H groups in total. The zero-order valence-corrected chi connectivity index (χ0v) is 17.8. The minimum atomic E-state index is -1.26. The summed E-state index contributed by atoms with van der Waals surface area (Å²) in [6.45, 7) is 4.04. The van der Waals surface area contributed by atoms with Gasteiger partial charge in [-0.05, 0) is 31.4 Å². The molecule has 3 rings (SSSR count). The predicted molar refractivity (Wildman–Crippen MR) is 113 cm³/mol. The number of nitrogens with zero attached hydrogens (tertiary/aromatic N) is 2. The van der Waals surface area contributed by atoms with Crippen molar-refractivity contribution in [1.82, 2.24) is 4.90 Å². The van der Waals surface area contributed by atoms with Crippen LogP contribution in [0.15, 0.2) is 30.3 Å². The van der Waals surface area contributed by atoms with Crippen molar-refractivity contribution in [2.75, 3.05) is 24.6 Å². The van der Waals surface area contributed by atoms with Crippen LogP contribution in [-0.2, 0) is 16.0 Å². The Hall–Kier alpha value is -2.91. The van der Waals surface area contributed by atoms with Crippen LogP contribution in [0.3, 0.4) is 0 Å². The van der Waals surface area contributed by atoms with E-state index in [0.717, 1.165) is 16.9 Å². The number of esters is 1. The van der Waals surface area contributed by atoms with Crippen molar-refractivity contribution in [3.63, 3.8) is 0 Å². The Morgan fingerprint density at radius 3 is 2.53 bits per heavy atom. The lowest BCUT2D eigenvalue weighted by Gasteiger charge is -2.41. The number of ether oxygens (including phenoxy) is 1. The molecule has 0 fully saturated rings. The molecule has 0 spiro atoms. The molecule has 0 radical (unpaired) electrons. The predicted octanol–water partition coefficient (Wildman–Crippen LogP) is 1.89. The Kier molecular flexibility index (Phi) is 6.73. The maximum absolute atomic E-state index is 13.1. The molecule has 0 bridgehead atoms. The van der Waals surface area contributed by atoms with Crippen LogP contribution in [0.25, 0.3) is 0 Å². The van der Waals surface area contributed by atoms with Crippen LogP contribution < -0.4 is 10.6 Å². The normalized spacial score (nSPS) is 15.8. The van der Waals surface area contributed by atoms with Crippen LogP contribution in [0.2, 0.25) is 0 Å². The zero-order valence-electron chi connectivity index (χ0n) is 17.0. The molecule has 0 saturated heterocycles. The number of nitrogens with two attached hydrogens (primary N) is 1. The summed E-state index contributed by atoms with van der Waals surface area (Å²) in [6.07, 6.45) is -0.708. The fraction of sp³-hybridized carbons (Fsp3) is 0.381. The van der Waals surface area contributed by atoms with E-state index in [1.165, 1.54) is 4.90 Å². The first kappa shape index (κ1) is 21.8. The molecule has 30 heavy (non-hydrogen) atoms. The zero-order chi connectivity index (χ0) is 21.8. The molecule has 0 saturated carbocycles. The highest BCUT2D eigenvalue weighted by molar-refractivity contribution is 7.18. The Bertz CT molecular complexity index is 944. The quantitative estimate of drug-likeness (QED) is 0.617. The Balaban J connectivity index is 1.98. The van der Waals surface area contributed by atoms with Crippen LogP contribution in [0, 0.1) is 6.92 Å². The number of aliphatic hydroxyl groups is 1. The summed E-state index contributed by atoms with van der Waals surface area (Å²) in [5.41, 5.74) is 7.18. The van der Waals surface area contributed by atoms with E-state index in [4.69, 9.17) is 10.5 Å². The first-order valence-electron chi connectivity index (χ1n) is 9.73. The number of benzene rings is 1. The van der Waals surface area contributed by atoms with Gasteiger partial charge in [-0.15, -0.1) is 11.3 Å². The lowest BCUT2D eigenvalue weighted by Crippen LogP contribution is -2.56. The van der Waals surface area contributed by atoms with E-state index in [1.54, 1.807) is 18.7 Å². The monoisotopic (exact) mass is 431 g/mol. The van der Waals surface area contributed by atoms with Gasteiger partial charge in [0.25, 0.3) is 5.91 Å². The standard InChI is InChI=1S/C21H25N3O5S/c1-3-29-20(27)17-13(2)16-18(26)23(12-10-15(22)25)21(28)24(19(16)30-17)11-9-14-7-5-4-6-8-14/h4-8,21,28H,3,9-12H2,1-2H3,(H2,22,25). The number of rotatable bonds is 8. The lowest BCUT2D eigenvalue weighted by molar-refractivity contribution is -0.118. The Morgan fingerprint density at radius 1 is 1.20 bits per heavy atom. The highest BCUT2D eigenvalue weighted by Crippen LogP contribution is 2.41. The van der Waals surface area contributed by atoms with Gasteiger partial charge in [-0.3, -0.25) is 14.5 Å². The summed E-state index contributed by atoms with van der Waals surface area (Å²) in [4.78, 5) is 40.0. The number of amides is 2. The van der Waals surface area contributed by atoms with E-state index in [9.17, 15) is 19.5 Å². The molecular weight excluding hydrogens is 406 g/mol. The maximum atomic E-state index is 13.1. The number of carbonyl (C=O) groups excluding carboxylic acids is 3. The van der Waals surface area contributed by atoms with E-state index in [0.29, 0.717) is 34.0 Å². The summed E-state index contributed by atoms with van der Waals surface area (Å²) < 4.78 is 5.12. The minimum Gasteiger partial charge on any atom is -0.462 e. The second-order valence-corrected chi connectivity index (χ2v) is 7.95. The van der Waals surface area contributed by atoms with E-state index >= 15 is 0 Å². The smallest absolute Gasteiger partial charge is 0.348 e. The molecule has 1 aromatic heterocycles. The molecule has 1 aliphatic rings. The average molecular weight is 432 g/mol. The van der Waals surface area contributed by atoms with Gasteiger partial charge < -0.3 is 20.5 Å².